The second-order valence-electron chi connectivity index (χ2n) is 5.71. The lowest BCUT2D eigenvalue weighted by Crippen LogP contribution is -2.23. The molecule has 4 nitrogen and oxygen atoms in total. The first kappa shape index (κ1) is 22.1. The van der Waals surface area contributed by atoms with Gasteiger partial charge in [-0.3, -0.25) is 0 Å². The topological polar surface area (TPSA) is 59.6 Å². The van der Waals surface area contributed by atoms with Crippen molar-refractivity contribution in [3.63, 3.8) is 0 Å². The van der Waals surface area contributed by atoms with Crippen molar-refractivity contribution in [2.24, 2.45) is 10.7 Å². The summed E-state index contributed by atoms with van der Waals surface area (Å²) < 4.78 is 41.8. The Balaban J connectivity index is 0.00000338. The summed E-state index contributed by atoms with van der Waals surface area (Å²) in [4.78, 5) is 4.18. The SMILES string of the molecule is Cc1cc(C)cc(NC(N)=NCc2ccccc2OCC(F)(F)F)c1.I. The van der Waals surface area contributed by atoms with Crippen LogP contribution < -0.4 is 15.8 Å². The van der Waals surface area contributed by atoms with Crippen LogP contribution in [0.25, 0.3) is 0 Å². The van der Waals surface area contributed by atoms with Crippen molar-refractivity contribution in [2.45, 2.75) is 26.6 Å². The van der Waals surface area contributed by atoms with E-state index in [4.69, 9.17) is 10.5 Å². The van der Waals surface area contributed by atoms with Gasteiger partial charge >= 0.3 is 6.18 Å². The second kappa shape index (κ2) is 9.65. The zero-order chi connectivity index (χ0) is 18.4. The van der Waals surface area contributed by atoms with Gasteiger partial charge in [-0.2, -0.15) is 13.2 Å². The maximum Gasteiger partial charge on any atom is 0.422 e. The largest absolute Gasteiger partial charge is 0.484 e. The number of nitrogens with zero attached hydrogens (tertiary/aromatic N) is 1. The van der Waals surface area contributed by atoms with E-state index >= 15 is 0 Å². The Kier molecular flexibility index (Phi) is 8.19. The van der Waals surface area contributed by atoms with Gasteiger partial charge in [-0.15, -0.1) is 24.0 Å². The molecule has 0 spiro atoms. The molecule has 0 saturated carbocycles. The van der Waals surface area contributed by atoms with Crippen LogP contribution in [-0.4, -0.2) is 18.7 Å². The summed E-state index contributed by atoms with van der Waals surface area (Å²) in [7, 11) is 0. The van der Waals surface area contributed by atoms with E-state index in [1.54, 1.807) is 18.2 Å². The van der Waals surface area contributed by atoms with Gasteiger partial charge in [0, 0.05) is 11.3 Å². The number of aryl methyl sites for hydroxylation is 2. The van der Waals surface area contributed by atoms with Crippen LogP contribution in [0.3, 0.4) is 0 Å². The zero-order valence-electron chi connectivity index (χ0n) is 14.4. The molecule has 0 aliphatic rings. The number of hydrogen-bond acceptors (Lipinski definition) is 2. The number of nitrogens with two attached hydrogens (primary N) is 1. The fourth-order valence-corrected chi connectivity index (χ4v) is 2.34. The quantitative estimate of drug-likeness (QED) is 0.369. The minimum absolute atomic E-state index is 0. The van der Waals surface area contributed by atoms with Gasteiger partial charge < -0.3 is 15.8 Å². The number of aliphatic imine (C=N–C) groups is 1. The van der Waals surface area contributed by atoms with Gasteiger partial charge in [-0.25, -0.2) is 4.99 Å². The predicted molar refractivity (Wildman–Crippen MR) is 108 cm³/mol. The summed E-state index contributed by atoms with van der Waals surface area (Å²) >= 11 is 0. The smallest absolute Gasteiger partial charge is 0.422 e. The fraction of sp³-hybridized carbons (Fsp3) is 0.278. The van der Waals surface area contributed by atoms with Crippen LogP contribution in [-0.2, 0) is 6.54 Å². The maximum atomic E-state index is 12.3. The molecule has 3 N–H and O–H groups in total. The van der Waals surface area contributed by atoms with Crippen molar-refractivity contribution in [3.8, 4) is 5.75 Å². The molecule has 0 bridgehead atoms. The lowest BCUT2D eigenvalue weighted by atomic mass is 10.1. The van der Waals surface area contributed by atoms with Gasteiger partial charge in [0.15, 0.2) is 12.6 Å². The Hall–Kier alpha value is -1.97. The molecule has 0 aliphatic heterocycles. The highest BCUT2D eigenvalue weighted by Gasteiger charge is 2.28. The van der Waals surface area contributed by atoms with Crippen LogP contribution in [0.5, 0.6) is 5.75 Å². The summed E-state index contributed by atoms with van der Waals surface area (Å²) in [6, 6.07) is 12.3. The number of hydrogen-bond donors (Lipinski definition) is 2. The van der Waals surface area contributed by atoms with Crippen molar-refractivity contribution < 1.29 is 17.9 Å². The predicted octanol–water partition coefficient (Wildman–Crippen LogP) is 4.79. The average molecular weight is 479 g/mol. The van der Waals surface area contributed by atoms with E-state index in [0.717, 1.165) is 16.8 Å². The number of rotatable bonds is 5. The third-order valence-corrected chi connectivity index (χ3v) is 3.28. The van der Waals surface area contributed by atoms with E-state index in [2.05, 4.69) is 10.3 Å². The highest BCUT2D eigenvalue weighted by Crippen LogP contribution is 2.22. The molecular formula is C18H21F3IN3O. The third kappa shape index (κ3) is 7.51. The maximum absolute atomic E-state index is 12.3. The number of anilines is 1. The third-order valence-electron chi connectivity index (χ3n) is 3.28. The molecule has 0 saturated heterocycles. The standard InChI is InChI=1S/C18H20F3N3O.HI/c1-12-7-13(2)9-15(8-12)24-17(22)23-10-14-5-3-4-6-16(14)25-11-18(19,20)21;/h3-9H,10-11H2,1-2H3,(H3,22,23,24);1H. The van der Waals surface area contributed by atoms with E-state index in [-0.39, 0.29) is 42.2 Å². The molecule has 142 valence electrons. The molecule has 0 radical (unpaired) electrons. The number of alkyl halides is 3. The minimum atomic E-state index is -4.39. The van der Waals surface area contributed by atoms with Gasteiger partial charge in [-0.1, -0.05) is 24.3 Å². The summed E-state index contributed by atoms with van der Waals surface area (Å²) in [5, 5.41) is 2.98. The van der Waals surface area contributed by atoms with Crippen molar-refractivity contribution in [3.05, 3.63) is 59.2 Å². The number of halogens is 4. The van der Waals surface area contributed by atoms with Gasteiger partial charge in [0.05, 0.1) is 6.54 Å². The molecule has 0 fully saturated rings. The van der Waals surface area contributed by atoms with Crippen LogP contribution in [0.15, 0.2) is 47.5 Å². The lowest BCUT2D eigenvalue weighted by molar-refractivity contribution is -0.153. The lowest BCUT2D eigenvalue weighted by Gasteiger charge is -2.12. The van der Waals surface area contributed by atoms with Crippen LogP contribution in [0.2, 0.25) is 0 Å². The van der Waals surface area contributed by atoms with E-state index in [1.165, 1.54) is 6.07 Å². The first-order valence-corrected chi connectivity index (χ1v) is 7.65. The van der Waals surface area contributed by atoms with Gasteiger partial charge in [0.2, 0.25) is 0 Å². The van der Waals surface area contributed by atoms with Crippen molar-refractivity contribution in [1.82, 2.24) is 0 Å². The summed E-state index contributed by atoms with van der Waals surface area (Å²) in [6.07, 6.45) is -4.39. The monoisotopic (exact) mass is 479 g/mol. The summed E-state index contributed by atoms with van der Waals surface area (Å²) in [6.45, 7) is 2.71. The molecule has 2 rings (SSSR count). The van der Waals surface area contributed by atoms with Crippen LogP contribution in [0.1, 0.15) is 16.7 Å². The minimum Gasteiger partial charge on any atom is -0.484 e. The molecule has 0 aliphatic carbocycles. The highest BCUT2D eigenvalue weighted by molar-refractivity contribution is 14.0. The second-order valence-corrected chi connectivity index (χ2v) is 5.71. The van der Waals surface area contributed by atoms with E-state index in [9.17, 15) is 13.2 Å². The normalized spacial score (nSPS) is 11.7. The molecule has 0 heterocycles. The first-order valence-electron chi connectivity index (χ1n) is 7.65. The summed E-state index contributed by atoms with van der Waals surface area (Å²) in [5.41, 5.74) is 9.36. The van der Waals surface area contributed by atoms with Crippen molar-refractivity contribution >= 4 is 35.6 Å². The van der Waals surface area contributed by atoms with Gasteiger partial charge in [0.1, 0.15) is 5.75 Å². The number of nitrogens with one attached hydrogen (secondary N) is 1. The molecular weight excluding hydrogens is 458 g/mol. The molecule has 2 aromatic rings. The van der Waals surface area contributed by atoms with Gasteiger partial charge in [-0.05, 0) is 43.2 Å². The Labute approximate surface area is 167 Å². The number of guanidine groups is 1. The Morgan fingerprint density at radius 2 is 1.73 bits per heavy atom. The van der Waals surface area contributed by atoms with E-state index in [0.29, 0.717) is 5.56 Å². The average Bonchev–Trinajstić information content (AvgIpc) is 2.50. The van der Waals surface area contributed by atoms with Crippen LogP contribution in [0, 0.1) is 13.8 Å². The number of benzene rings is 2. The van der Waals surface area contributed by atoms with Crippen LogP contribution >= 0.6 is 24.0 Å². The van der Waals surface area contributed by atoms with Crippen molar-refractivity contribution in [1.29, 1.82) is 0 Å². The van der Waals surface area contributed by atoms with E-state index in [1.807, 2.05) is 32.0 Å². The highest BCUT2D eigenvalue weighted by atomic mass is 127. The van der Waals surface area contributed by atoms with Crippen LogP contribution in [0.4, 0.5) is 18.9 Å². The molecule has 26 heavy (non-hydrogen) atoms. The van der Waals surface area contributed by atoms with Gasteiger partial charge in [0.25, 0.3) is 0 Å². The zero-order valence-corrected chi connectivity index (χ0v) is 16.8. The Morgan fingerprint density at radius 1 is 1.12 bits per heavy atom. The molecule has 0 amide bonds. The molecule has 8 heteroatoms. The van der Waals surface area contributed by atoms with Crippen molar-refractivity contribution in [2.75, 3.05) is 11.9 Å². The molecule has 0 atom stereocenters. The Bertz CT molecular complexity index is 743. The number of para-hydroxylation sites is 1. The fourth-order valence-electron chi connectivity index (χ4n) is 2.34. The summed E-state index contributed by atoms with van der Waals surface area (Å²) in [5.74, 6) is 0.318. The molecule has 0 unspecified atom stereocenters. The Morgan fingerprint density at radius 3 is 2.35 bits per heavy atom. The molecule has 2 aromatic carbocycles. The van der Waals surface area contributed by atoms with E-state index < -0.39 is 12.8 Å². The number of ether oxygens (including phenoxy) is 1. The molecule has 0 aromatic heterocycles. The first-order chi connectivity index (χ1) is 11.7.